The van der Waals surface area contributed by atoms with Crippen molar-refractivity contribution in [3.8, 4) is 0 Å². The Balaban J connectivity index is 2.10. The highest BCUT2D eigenvalue weighted by molar-refractivity contribution is 6.00. The number of Topliss-reactive ketones (excluding diaryl/α,β-unsaturated/α-hetero) is 1. The monoisotopic (exact) mass is 299 g/mol. The third-order valence-corrected chi connectivity index (χ3v) is 4.14. The van der Waals surface area contributed by atoms with Gasteiger partial charge in [-0.25, -0.2) is 0 Å². The Kier molecular flexibility index (Phi) is 2.77. The Hall–Kier alpha value is -1.79. The fraction of sp³-hybridized carbons (Fsp3) is 0.571. The predicted molar refractivity (Wildman–Crippen MR) is 70.7 cm³/mol. The van der Waals surface area contributed by atoms with E-state index in [4.69, 9.17) is 0 Å². The lowest BCUT2D eigenvalue weighted by Gasteiger charge is -2.37. The lowest BCUT2D eigenvalue weighted by molar-refractivity contribution is -0.142. The van der Waals surface area contributed by atoms with Crippen molar-refractivity contribution in [3.05, 3.63) is 22.5 Å². The number of hydrogen-bond donors (Lipinski definition) is 2. The average molecular weight is 299 g/mol. The first kappa shape index (κ1) is 14.2. The second-order valence-corrected chi connectivity index (χ2v) is 6.54. The maximum atomic E-state index is 13.0. The van der Waals surface area contributed by atoms with Crippen LogP contribution in [-0.4, -0.2) is 16.0 Å². The van der Waals surface area contributed by atoms with Crippen LogP contribution in [0.2, 0.25) is 0 Å². The first-order valence-electron chi connectivity index (χ1n) is 6.79. The average Bonchev–Trinajstić information content (AvgIpc) is 2.69. The summed E-state index contributed by atoms with van der Waals surface area (Å²) in [6.07, 6.45) is -3.52. The van der Waals surface area contributed by atoms with Crippen LogP contribution in [0, 0.1) is 5.41 Å². The molecule has 3 rings (SSSR count). The molecule has 0 aromatic carbocycles. The molecule has 1 aromatic rings. The molecule has 2 heterocycles. The van der Waals surface area contributed by atoms with E-state index in [-0.39, 0.29) is 22.6 Å². The summed E-state index contributed by atoms with van der Waals surface area (Å²) < 4.78 is 39.1. The highest BCUT2D eigenvalue weighted by Gasteiger charge is 2.45. The third-order valence-electron chi connectivity index (χ3n) is 4.14. The van der Waals surface area contributed by atoms with Crippen LogP contribution >= 0.6 is 0 Å². The number of carbonyl (C=O) groups excluding carboxylic acids is 1. The second kappa shape index (κ2) is 4.11. The molecular formula is C14H16F3N3O. The Bertz CT molecular complexity index is 655. The lowest BCUT2D eigenvalue weighted by Crippen LogP contribution is -2.33. The molecule has 1 aliphatic heterocycles. The minimum atomic E-state index is -4.51. The summed E-state index contributed by atoms with van der Waals surface area (Å²) in [7, 11) is 0. The van der Waals surface area contributed by atoms with E-state index >= 15 is 0 Å². The van der Waals surface area contributed by atoms with Gasteiger partial charge in [0.25, 0.3) is 0 Å². The number of alkyl halides is 3. The molecule has 0 saturated heterocycles. The summed E-state index contributed by atoms with van der Waals surface area (Å²) >= 11 is 0. The third kappa shape index (κ3) is 2.15. The summed E-state index contributed by atoms with van der Waals surface area (Å²) in [5.41, 5.74) is 0.143. The smallest absolute Gasteiger partial charge is 0.342 e. The predicted octanol–water partition coefficient (Wildman–Crippen LogP) is 3.60. The van der Waals surface area contributed by atoms with Crippen molar-refractivity contribution in [1.29, 1.82) is 0 Å². The van der Waals surface area contributed by atoms with Gasteiger partial charge in [0.05, 0.1) is 0 Å². The zero-order valence-electron chi connectivity index (χ0n) is 12.0. The molecule has 114 valence electrons. The quantitative estimate of drug-likeness (QED) is 0.769. The largest absolute Gasteiger partial charge is 0.433 e. The van der Waals surface area contributed by atoms with Gasteiger partial charge in [-0.15, -0.1) is 0 Å². The fourth-order valence-corrected chi connectivity index (χ4v) is 3.32. The van der Waals surface area contributed by atoms with Crippen LogP contribution in [0.5, 0.6) is 0 Å². The van der Waals surface area contributed by atoms with E-state index in [1.807, 2.05) is 13.8 Å². The van der Waals surface area contributed by atoms with E-state index < -0.39 is 17.8 Å². The molecule has 0 spiro atoms. The molecule has 2 aliphatic rings. The van der Waals surface area contributed by atoms with Crippen molar-refractivity contribution in [3.63, 3.8) is 0 Å². The number of ketones is 1. The number of rotatable bonds is 0. The number of allylic oxidation sites excluding steroid dienone is 2. The van der Waals surface area contributed by atoms with Crippen molar-refractivity contribution < 1.29 is 18.0 Å². The molecular weight excluding hydrogens is 283 g/mol. The molecule has 21 heavy (non-hydrogen) atoms. The van der Waals surface area contributed by atoms with Gasteiger partial charge in [-0.3, -0.25) is 9.89 Å². The maximum Gasteiger partial charge on any atom is 0.433 e. The van der Waals surface area contributed by atoms with Gasteiger partial charge in [-0.2, -0.15) is 18.3 Å². The number of hydrogen-bond acceptors (Lipinski definition) is 3. The molecule has 2 N–H and O–H groups in total. The van der Waals surface area contributed by atoms with Crippen LogP contribution in [0.4, 0.5) is 19.0 Å². The second-order valence-electron chi connectivity index (χ2n) is 6.54. The van der Waals surface area contributed by atoms with Crippen LogP contribution in [-0.2, 0) is 11.0 Å². The van der Waals surface area contributed by atoms with E-state index in [1.165, 1.54) is 0 Å². The minimum absolute atomic E-state index is 0.0364. The van der Waals surface area contributed by atoms with E-state index in [2.05, 4.69) is 15.5 Å². The molecule has 0 saturated carbocycles. The highest BCUT2D eigenvalue weighted by Crippen LogP contribution is 2.48. The maximum absolute atomic E-state index is 13.0. The van der Waals surface area contributed by atoms with E-state index in [9.17, 15) is 18.0 Å². The van der Waals surface area contributed by atoms with Gasteiger partial charge in [0.1, 0.15) is 5.69 Å². The zero-order chi connectivity index (χ0) is 15.6. The number of aromatic amines is 1. The van der Waals surface area contributed by atoms with Gasteiger partial charge in [0.15, 0.2) is 11.6 Å². The summed E-state index contributed by atoms with van der Waals surface area (Å²) in [6, 6.07) is 0. The zero-order valence-corrected chi connectivity index (χ0v) is 12.0. The molecule has 4 nitrogen and oxygen atoms in total. The summed E-state index contributed by atoms with van der Waals surface area (Å²) in [5, 5.41) is 8.72. The Labute approximate surface area is 119 Å². The van der Waals surface area contributed by atoms with Gasteiger partial charge in [-0.05, 0) is 11.8 Å². The SMILES string of the molecule is C[C@@H]1C2=C(CC(C)(C)CC2=O)Nc2n[nH]c(C(F)(F)F)c21. The van der Waals surface area contributed by atoms with Crippen LogP contribution in [0.1, 0.15) is 50.8 Å². The molecule has 0 amide bonds. The van der Waals surface area contributed by atoms with Crippen LogP contribution in [0.3, 0.4) is 0 Å². The number of nitrogens with zero attached hydrogens (tertiary/aromatic N) is 1. The number of aromatic nitrogens is 2. The van der Waals surface area contributed by atoms with Crippen molar-refractivity contribution in [1.82, 2.24) is 10.2 Å². The van der Waals surface area contributed by atoms with Gasteiger partial charge in [0.2, 0.25) is 0 Å². The highest BCUT2D eigenvalue weighted by atomic mass is 19.4. The van der Waals surface area contributed by atoms with Gasteiger partial charge in [-0.1, -0.05) is 20.8 Å². The van der Waals surface area contributed by atoms with Crippen molar-refractivity contribution in [2.75, 3.05) is 5.32 Å². The van der Waals surface area contributed by atoms with Gasteiger partial charge in [0, 0.05) is 29.2 Å². The fourth-order valence-electron chi connectivity index (χ4n) is 3.32. The Morgan fingerprint density at radius 3 is 2.57 bits per heavy atom. The lowest BCUT2D eigenvalue weighted by atomic mass is 9.71. The standard InChI is InChI=1S/C14H16F3N3O/c1-6-9-7(4-13(2,3)5-8(9)21)18-12-10(6)11(19-20-12)14(15,16)17/h6H,4-5H2,1-3H3,(H2,18,19,20)/t6-/m1/s1. The molecule has 1 aliphatic carbocycles. The number of H-pyrrole nitrogens is 1. The number of nitrogens with one attached hydrogen (secondary N) is 2. The van der Waals surface area contributed by atoms with E-state index in [0.29, 0.717) is 24.1 Å². The van der Waals surface area contributed by atoms with Crippen LogP contribution < -0.4 is 5.32 Å². The first-order valence-corrected chi connectivity index (χ1v) is 6.79. The summed E-state index contributed by atoms with van der Waals surface area (Å²) in [5.74, 6) is -0.504. The van der Waals surface area contributed by atoms with E-state index in [0.717, 1.165) is 0 Å². The van der Waals surface area contributed by atoms with Gasteiger partial charge >= 0.3 is 6.18 Å². The molecule has 7 heteroatoms. The molecule has 0 unspecified atom stereocenters. The normalized spacial score (nSPS) is 24.5. The van der Waals surface area contributed by atoms with Crippen molar-refractivity contribution in [2.24, 2.45) is 5.41 Å². The number of halogens is 3. The van der Waals surface area contributed by atoms with Gasteiger partial charge < -0.3 is 5.32 Å². The first-order chi connectivity index (χ1) is 9.60. The number of fused-ring (bicyclic) bond motifs is 1. The molecule has 1 atom stereocenters. The summed E-state index contributed by atoms with van der Waals surface area (Å²) in [6.45, 7) is 5.58. The number of anilines is 1. The molecule has 0 radical (unpaired) electrons. The molecule has 1 aromatic heterocycles. The molecule has 0 bridgehead atoms. The topological polar surface area (TPSA) is 57.8 Å². The number of carbonyl (C=O) groups is 1. The Morgan fingerprint density at radius 2 is 1.95 bits per heavy atom. The minimum Gasteiger partial charge on any atom is -0.342 e. The van der Waals surface area contributed by atoms with Crippen molar-refractivity contribution >= 4 is 11.6 Å². The molecule has 0 fully saturated rings. The van der Waals surface area contributed by atoms with Crippen LogP contribution in [0.15, 0.2) is 11.3 Å². The van der Waals surface area contributed by atoms with Crippen LogP contribution in [0.25, 0.3) is 0 Å². The summed E-state index contributed by atoms with van der Waals surface area (Å²) in [4.78, 5) is 12.3. The van der Waals surface area contributed by atoms with Crippen molar-refractivity contribution in [2.45, 2.75) is 45.7 Å². The van der Waals surface area contributed by atoms with E-state index in [1.54, 1.807) is 6.92 Å². The Morgan fingerprint density at radius 1 is 1.29 bits per heavy atom.